The van der Waals surface area contributed by atoms with Crippen LogP contribution >= 0.6 is 11.6 Å². The Morgan fingerprint density at radius 3 is 2.52 bits per heavy atom. The van der Waals surface area contributed by atoms with Gasteiger partial charge in [-0.3, -0.25) is 9.59 Å². The summed E-state index contributed by atoms with van der Waals surface area (Å²) in [6.45, 7) is 1.05. The number of rotatable bonds is 5. The standard InChI is InChI=1S/C19H19ClN2O3/c1-25-17-8-2-14(3-9-17)19(24)21-11-13-10-18(23)22(12-13)16-6-4-15(20)5-7-16/h2-9,13H,10-12H2,1H3,(H,21,24). The molecule has 1 fully saturated rings. The third kappa shape index (κ3) is 4.12. The quantitative estimate of drug-likeness (QED) is 0.893. The summed E-state index contributed by atoms with van der Waals surface area (Å²) in [5.74, 6) is 0.702. The van der Waals surface area contributed by atoms with E-state index in [1.54, 1.807) is 48.4 Å². The minimum Gasteiger partial charge on any atom is -0.497 e. The van der Waals surface area contributed by atoms with Crippen molar-refractivity contribution in [1.82, 2.24) is 5.32 Å². The summed E-state index contributed by atoms with van der Waals surface area (Å²) in [4.78, 5) is 26.2. The molecule has 1 saturated heterocycles. The Morgan fingerprint density at radius 2 is 1.88 bits per heavy atom. The Hall–Kier alpha value is -2.53. The van der Waals surface area contributed by atoms with Crippen molar-refractivity contribution in [3.63, 3.8) is 0 Å². The monoisotopic (exact) mass is 358 g/mol. The van der Waals surface area contributed by atoms with Crippen LogP contribution in [0.15, 0.2) is 48.5 Å². The predicted molar refractivity (Wildman–Crippen MR) is 97.2 cm³/mol. The maximum atomic E-state index is 12.2. The summed E-state index contributed by atoms with van der Waals surface area (Å²) in [6.07, 6.45) is 0.422. The molecule has 5 nitrogen and oxygen atoms in total. The van der Waals surface area contributed by atoms with E-state index in [4.69, 9.17) is 16.3 Å². The number of nitrogens with one attached hydrogen (secondary N) is 1. The highest BCUT2D eigenvalue weighted by Gasteiger charge is 2.30. The average Bonchev–Trinajstić information content (AvgIpc) is 3.01. The van der Waals surface area contributed by atoms with Gasteiger partial charge in [-0.25, -0.2) is 0 Å². The van der Waals surface area contributed by atoms with Crippen molar-refractivity contribution in [2.24, 2.45) is 5.92 Å². The second-order valence-electron chi connectivity index (χ2n) is 5.99. The Labute approximate surface area is 151 Å². The van der Waals surface area contributed by atoms with E-state index in [0.29, 0.717) is 35.8 Å². The van der Waals surface area contributed by atoms with Crippen molar-refractivity contribution >= 4 is 29.1 Å². The number of anilines is 1. The molecule has 1 N–H and O–H groups in total. The van der Waals surface area contributed by atoms with Gasteiger partial charge in [0.15, 0.2) is 0 Å². The molecular weight excluding hydrogens is 340 g/mol. The number of ether oxygens (including phenoxy) is 1. The van der Waals surface area contributed by atoms with Crippen molar-refractivity contribution in [1.29, 1.82) is 0 Å². The molecule has 1 aliphatic heterocycles. The van der Waals surface area contributed by atoms with Crippen LogP contribution in [-0.2, 0) is 4.79 Å². The van der Waals surface area contributed by atoms with Gasteiger partial charge in [0.25, 0.3) is 5.91 Å². The first-order valence-corrected chi connectivity index (χ1v) is 8.43. The van der Waals surface area contributed by atoms with Crippen LogP contribution in [0, 0.1) is 5.92 Å². The highest BCUT2D eigenvalue weighted by molar-refractivity contribution is 6.30. The minimum atomic E-state index is -0.153. The van der Waals surface area contributed by atoms with E-state index in [-0.39, 0.29) is 17.7 Å². The maximum Gasteiger partial charge on any atom is 0.251 e. The van der Waals surface area contributed by atoms with E-state index in [1.165, 1.54) is 0 Å². The predicted octanol–water partition coefficient (Wildman–Crippen LogP) is 3.13. The van der Waals surface area contributed by atoms with Crippen molar-refractivity contribution in [2.45, 2.75) is 6.42 Å². The molecule has 0 saturated carbocycles. The van der Waals surface area contributed by atoms with Gasteiger partial charge in [0, 0.05) is 41.7 Å². The number of nitrogens with zero attached hydrogens (tertiary/aromatic N) is 1. The molecule has 130 valence electrons. The summed E-state index contributed by atoms with van der Waals surface area (Å²) >= 11 is 5.89. The Balaban J connectivity index is 1.56. The number of halogens is 1. The number of carbonyl (C=O) groups is 2. The van der Waals surface area contributed by atoms with Gasteiger partial charge in [-0.2, -0.15) is 0 Å². The maximum absolute atomic E-state index is 12.2. The van der Waals surface area contributed by atoms with E-state index in [2.05, 4.69) is 5.32 Å². The van der Waals surface area contributed by atoms with Gasteiger partial charge in [0.1, 0.15) is 5.75 Å². The molecule has 0 bridgehead atoms. The van der Waals surface area contributed by atoms with Crippen molar-refractivity contribution < 1.29 is 14.3 Å². The van der Waals surface area contributed by atoms with Crippen LogP contribution in [0.1, 0.15) is 16.8 Å². The lowest BCUT2D eigenvalue weighted by Gasteiger charge is -2.17. The fourth-order valence-electron chi connectivity index (χ4n) is 2.87. The van der Waals surface area contributed by atoms with E-state index in [1.807, 2.05) is 12.1 Å². The Bertz CT molecular complexity index is 759. The zero-order valence-electron chi connectivity index (χ0n) is 13.9. The third-order valence-electron chi connectivity index (χ3n) is 4.25. The normalized spacial score (nSPS) is 16.8. The van der Waals surface area contributed by atoms with Crippen LogP contribution in [-0.4, -0.2) is 32.0 Å². The van der Waals surface area contributed by atoms with Crippen LogP contribution < -0.4 is 15.0 Å². The number of carbonyl (C=O) groups excluding carboxylic acids is 2. The molecule has 0 spiro atoms. The number of hydrogen-bond donors (Lipinski definition) is 1. The van der Waals surface area contributed by atoms with Crippen LogP contribution in [0.4, 0.5) is 5.69 Å². The molecule has 1 atom stereocenters. The number of amides is 2. The first-order chi connectivity index (χ1) is 12.1. The molecule has 1 aliphatic rings. The minimum absolute atomic E-state index is 0.0611. The molecule has 0 aromatic heterocycles. The van der Waals surface area contributed by atoms with Crippen LogP contribution in [0.5, 0.6) is 5.75 Å². The van der Waals surface area contributed by atoms with Gasteiger partial charge in [0.2, 0.25) is 5.91 Å². The van der Waals surface area contributed by atoms with E-state index in [9.17, 15) is 9.59 Å². The third-order valence-corrected chi connectivity index (χ3v) is 4.50. The zero-order valence-corrected chi connectivity index (χ0v) is 14.6. The van der Waals surface area contributed by atoms with Gasteiger partial charge < -0.3 is 15.0 Å². The summed E-state index contributed by atoms with van der Waals surface area (Å²) in [6, 6.07) is 14.1. The fraction of sp³-hybridized carbons (Fsp3) is 0.263. The number of methoxy groups -OCH3 is 1. The molecule has 1 heterocycles. The van der Waals surface area contributed by atoms with E-state index >= 15 is 0 Å². The average molecular weight is 359 g/mol. The van der Waals surface area contributed by atoms with Gasteiger partial charge in [-0.05, 0) is 48.5 Å². The molecule has 3 rings (SSSR count). The lowest BCUT2D eigenvalue weighted by atomic mass is 10.1. The number of benzene rings is 2. The summed E-state index contributed by atoms with van der Waals surface area (Å²) in [5.41, 5.74) is 1.40. The molecule has 0 aliphatic carbocycles. The summed E-state index contributed by atoms with van der Waals surface area (Å²) in [5, 5.41) is 3.54. The second kappa shape index (κ2) is 7.57. The fourth-order valence-corrected chi connectivity index (χ4v) is 3.00. The van der Waals surface area contributed by atoms with Gasteiger partial charge in [0.05, 0.1) is 7.11 Å². The lowest BCUT2D eigenvalue weighted by molar-refractivity contribution is -0.117. The second-order valence-corrected chi connectivity index (χ2v) is 6.43. The van der Waals surface area contributed by atoms with E-state index in [0.717, 1.165) is 5.69 Å². The molecule has 0 radical (unpaired) electrons. The molecule has 6 heteroatoms. The summed E-state index contributed by atoms with van der Waals surface area (Å²) < 4.78 is 5.08. The smallest absolute Gasteiger partial charge is 0.251 e. The highest BCUT2D eigenvalue weighted by Crippen LogP contribution is 2.26. The molecule has 2 aromatic rings. The zero-order chi connectivity index (χ0) is 17.8. The van der Waals surface area contributed by atoms with Gasteiger partial charge in [-0.15, -0.1) is 0 Å². The van der Waals surface area contributed by atoms with E-state index < -0.39 is 0 Å². The first kappa shape index (κ1) is 17.3. The molecular formula is C19H19ClN2O3. The van der Waals surface area contributed by atoms with Crippen LogP contribution in [0.3, 0.4) is 0 Å². The first-order valence-electron chi connectivity index (χ1n) is 8.05. The summed E-state index contributed by atoms with van der Waals surface area (Å²) in [7, 11) is 1.58. The van der Waals surface area contributed by atoms with Crippen LogP contribution in [0.25, 0.3) is 0 Å². The highest BCUT2D eigenvalue weighted by atomic mass is 35.5. The Morgan fingerprint density at radius 1 is 1.20 bits per heavy atom. The van der Waals surface area contributed by atoms with Crippen molar-refractivity contribution in [3.8, 4) is 5.75 Å². The van der Waals surface area contributed by atoms with Gasteiger partial charge in [-0.1, -0.05) is 11.6 Å². The topological polar surface area (TPSA) is 58.6 Å². The van der Waals surface area contributed by atoms with Crippen molar-refractivity contribution in [2.75, 3.05) is 25.1 Å². The Kier molecular flexibility index (Phi) is 5.24. The molecule has 1 unspecified atom stereocenters. The lowest BCUT2D eigenvalue weighted by Crippen LogP contribution is -2.31. The number of hydrogen-bond acceptors (Lipinski definition) is 3. The van der Waals surface area contributed by atoms with Crippen LogP contribution in [0.2, 0.25) is 5.02 Å². The molecule has 2 aromatic carbocycles. The largest absolute Gasteiger partial charge is 0.497 e. The molecule has 2 amide bonds. The SMILES string of the molecule is COc1ccc(C(=O)NCC2CC(=O)N(c3ccc(Cl)cc3)C2)cc1. The van der Waals surface area contributed by atoms with Gasteiger partial charge >= 0.3 is 0 Å². The molecule has 25 heavy (non-hydrogen) atoms. The van der Waals surface area contributed by atoms with Crippen molar-refractivity contribution in [3.05, 3.63) is 59.1 Å².